The van der Waals surface area contributed by atoms with Crippen molar-refractivity contribution in [3.05, 3.63) is 35.9 Å². The van der Waals surface area contributed by atoms with E-state index in [2.05, 4.69) is 10.6 Å². The van der Waals surface area contributed by atoms with Crippen molar-refractivity contribution in [2.45, 2.75) is 50.3 Å². The molecule has 0 aliphatic carbocycles. The number of carbonyl (C=O) groups is 3. The normalized spacial score (nSPS) is 33.7. The van der Waals surface area contributed by atoms with Crippen molar-refractivity contribution in [1.82, 2.24) is 15.5 Å². The molecule has 144 valence electrons. The number of benzene rings is 1. The minimum Gasteiger partial charge on any atom is -0.391 e. The van der Waals surface area contributed by atoms with Crippen LogP contribution in [0.25, 0.3) is 0 Å². The Bertz CT molecular complexity index is 753. The number of amides is 3. The van der Waals surface area contributed by atoms with E-state index in [0.717, 1.165) is 5.56 Å². The minimum atomic E-state index is -0.763. The SMILES string of the molecule is O=C1CC[C@@H](C(=O)N2CCC[C@]3(C[C@@H](O)[C@H](c4ccccc4)NC3=O)C2)N1. The lowest BCUT2D eigenvalue weighted by atomic mass is 9.70. The fourth-order valence-corrected chi connectivity index (χ4v) is 4.66. The van der Waals surface area contributed by atoms with Crippen LogP contribution in [0.15, 0.2) is 30.3 Å². The van der Waals surface area contributed by atoms with Gasteiger partial charge in [0.15, 0.2) is 0 Å². The van der Waals surface area contributed by atoms with Crippen LogP contribution in [0.1, 0.15) is 43.7 Å². The lowest BCUT2D eigenvalue weighted by molar-refractivity contribution is -0.150. The van der Waals surface area contributed by atoms with E-state index in [9.17, 15) is 19.5 Å². The molecule has 0 unspecified atom stereocenters. The second-order valence-electron chi connectivity index (χ2n) is 7.94. The maximum Gasteiger partial charge on any atom is 0.245 e. The Morgan fingerprint density at radius 3 is 2.67 bits per heavy atom. The smallest absolute Gasteiger partial charge is 0.245 e. The largest absolute Gasteiger partial charge is 0.391 e. The second kappa shape index (κ2) is 6.96. The van der Waals surface area contributed by atoms with Crippen LogP contribution >= 0.6 is 0 Å². The van der Waals surface area contributed by atoms with Crippen molar-refractivity contribution in [1.29, 1.82) is 0 Å². The van der Waals surface area contributed by atoms with Gasteiger partial charge < -0.3 is 20.6 Å². The van der Waals surface area contributed by atoms with E-state index in [0.29, 0.717) is 45.2 Å². The summed E-state index contributed by atoms with van der Waals surface area (Å²) in [6, 6.07) is 8.54. The number of carbonyl (C=O) groups excluding carboxylic acids is 3. The summed E-state index contributed by atoms with van der Waals surface area (Å²) < 4.78 is 0. The van der Waals surface area contributed by atoms with Gasteiger partial charge in [-0.1, -0.05) is 30.3 Å². The molecule has 4 atom stereocenters. The Balaban J connectivity index is 1.49. The van der Waals surface area contributed by atoms with Crippen molar-refractivity contribution in [2.24, 2.45) is 5.41 Å². The van der Waals surface area contributed by atoms with E-state index in [1.165, 1.54) is 0 Å². The van der Waals surface area contributed by atoms with E-state index in [4.69, 9.17) is 0 Å². The number of nitrogens with zero attached hydrogens (tertiary/aromatic N) is 1. The van der Waals surface area contributed by atoms with Crippen LogP contribution in [0.3, 0.4) is 0 Å². The van der Waals surface area contributed by atoms with Crippen LogP contribution in [-0.4, -0.2) is 53.0 Å². The number of hydrogen-bond donors (Lipinski definition) is 3. The first-order valence-corrected chi connectivity index (χ1v) is 9.61. The Morgan fingerprint density at radius 2 is 1.96 bits per heavy atom. The standard InChI is InChI=1S/C20H25N3O4/c24-15-11-20(19(27)22-17(15)13-5-2-1-3-6-13)9-4-10-23(12-20)18(26)14-7-8-16(25)21-14/h1-3,5-6,14-15,17,24H,4,7-12H2,(H,21,25)(H,22,27)/t14-,15+,17-,20-/m0/s1. The zero-order valence-corrected chi connectivity index (χ0v) is 15.2. The van der Waals surface area contributed by atoms with Gasteiger partial charge in [-0.2, -0.15) is 0 Å². The third-order valence-electron chi connectivity index (χ3n) is 6.09. The van der Waals surface area contributed by atoms with Gasteiger partial charge in [-0.15, -0.1) is 0 Å². The van der Waals surface area contributed by atoms with E-state index < -0.39 is 23.6 Å². The van der Waals surface area contributed by atoms with Gasteiger partial charge in [0.05, 0.1) is 17.6 Å². The average molecular weight is 371 g/mol. The Hall–Kier alpha value is -2.41. The summed E-state index contributed by atoms with van der Waals surface area (Å²) in [5, 5.41) is 16.4. The highest BCUT2D eigenvalue weighted by Crippen LogP contribution is 2.41. The lowest BCUT2D eigenvalue weighted by Crippen LogP contribution is -2.61. The molecule has 0 aromatic heterocycles. The van der Waals surface area contributed by atoms with Crippen molar-refractivity contribution >= 4 is 17.7 Å². The van der Waals surface area contributed by atoms with E-state index in [1.807, 2.05) is 30.3 Å². The molecule has 4 rings (SSSR count). The molecule has 3 aliphatic heterocycles. The van der Waals surface area contributed by atoms with Crippen LogP contribution in [0.5, 0.6) is 0 Å². The third-order valence-corrected chi connectivity index (χ3v) is 6.09. The van der Waals surface area contributed by atoms with Gasteiger partial charge in [-0.05, 0) is 31.2 Å². The molecule has 7 nitrogen and oxygen atoms in total. The zero-order valence-electron chi connectivity index (χ0n) is 15.2. The average Bonchev–Trinajstić information content (AvgIpc) is 3.11. The van der Waals surface area contributed by atoms with Crippen molar-refractivity contribution in [2.75, 3.05) is 13.1 Å². The summed E-state index contributed by atoms with van der Waals surface area (Å²) in [6.45, 7) is 0.876. The Morgan fingerprint density at radius 1 is 1.19 bits per heavy atom. The summed E-state index contributed by atoms with van der Waals surface area (Å²) in [4.78, 5) is 38.9. The Labute approximate surface area is 158 Å². The first kappa shape index (κ1) is 18.0. The molecule has 3 heterocycles. The lowest BCUT2D eigenvalue weighted by Gasteiger charge is -2.47. The highest BCUT2D eigenvalue weighted by molar-refractivity contribution is 5.92. The van der Waals surface area contributed by atoms with Gasteiger partial charge in [0, 0.05) is 19.5 Å². The molecule has 3 amide bonds. The van der Waals surface area contributed by atoms with Gasteiger partial charge in [0.2, 0.25) is 17.7 Å². The van der Waals surface area contributed by atoms with Crippen LogP contribution in [-0.2, 0) is 14.4 Å². The van der Waals surface area contributed by atoms with Gasteiger partial charge in [0.1, 0.15) is 6.04 Å². The van der Waals surface area contributed by atoms with Gasteiger partial charge >= 0.3 is 0 Å². The van der Waals surface area contributed by atoms with Crippen molar-refractivity contribution < 1.29 is 19.5 Å². The van der Waals surface area contributed by atoms with Gasteiger partial charge in [-0.3, -0.25) is 14.4 Å². The molecule has 3 N–H and O–H groups in total. The maximum atomic E-state index is 13.0. The first-order chi connectivity index (χ1) is 13.0. The fraction of sp³-hybridized carbons (Fsp3) is 0.550. The highest BCUT2D eigenvalue weighted by atomic mass is 16.3. The fourth-order valence-electron chi connectivity index (χ4n) is 4.66. The molecule has 1 spiro atoms. The molecule has 0 radical (unpaired) electrons. The van der Waals surface area contributed by atoms with E-state index in [-0.39, 0.29) is 17.7 Å². The molecule has 3 fully saturated rings. The summed E-state index contributed by atoms with van der Waals surface area (Å²) in [6.07, 6.45) is 1.87. The van der Waals surface area contributed by atoms with Crippen molar-refractivity contribution in [3.63, 3.8) is 0 Å². The summed E-state index contributed by atoms with van der Waals surface area (Å²) in [7, 11) is 0. The van der Waals surface area contributed by atoms with Crippen LogP contribution in [0.4, 0.5) is 0 Å². The minimum absolute atomic E-state index is 0.100. The number of piperidine rings is 2. The molecule has 27 heavy (non-hydrogen) atoms. The molecule has 0 saturated carbocycles. The molecule has 0 bridgehead atoms. The molecule has 3 aliphatic rings. The highest BCUT2D eigenvalue weighted by Gasteiger charge is 2.50. The number of rotatable bonds is 2. The van der Waals surface area contributed by atoms with Crippen LogP contribution in [0.2, 0.25) is 0 Å². The number of likely N-dealkylation sites (tertiary alicyclic amines) is 1. The summed E-state index contributed by atoms with van der Waals surface area (Å²) in [5.74, 6) is -0.321. The van der Waals surface area contributed by atoms with Gasteiger partial charge in [0.25, 0.3) is 0 Å². The zero-order chi connectivity index (χ0) is 19.0. The summed E-state index contributed by atoms with van der Waals surface area (Å²) >= 11 is 0. The topological polar surface area (TPSA) is 98.7 Å². The molecule has 1 aromatic rings. The number of hydrogen-bond acceptors (Lipinski definition) is 4. The molecule has 3 saturated heterocycles. The van der Waals surface area contributed by atoms with E-state index in [1.54, 1.807) is 4.90 Å². The summed E-state index contributed by atoms with van der Waals surface area (Å²) in [5.41, 5.74) is 0.118. The number of nitrogens with one attached hydrogen (secondary N) is 2. The van der Waals surface area contributed by atoms with Crippen LogP contribution < -0.4 is 10.6 Å². The molecular weight excluding hydrogens is 346 g/mol. The van der Waals surface area contributed by atoms with E-state index >= 15 is 0 Å². The second-order valence-corrected chi connectivity index (χ2v) is 7.94. The first-order valence-electron chi connectivity index (χ1n) is 9.61. The van der Waals surface area contributed by atoms with Crippen molar-refractivity contribution in [3.8, 4) is 0 Å². The maximum absolute atomic E-state index is 13.0. The van der Waals surface area contributed by atoms with Gasteiger partial charge in [-0.25, -0.2) is 0 Å². The molecular formula is C20H25N3O4. The monoisotopic (exact) mass is 371 g/mol. The molecule has 7 heteroatoms. The predicted molar refractivity (Wildman–Crippen MR) is 97.4 cm³/mol. The third kappa shape index (κ3) is 3.32. The quantitative estimate of drug-likeness (QED) is 0.705. The van der Waals surface area contributed by atoms with Crippen LogP contribution in [0, 0.1) is 5.41 Å². The number of aliphatic hydroxyl groups excluding tert-OH is 1. The number of aliphatic hydroxyl groups is 1. The molecule has 1 aromatic carbocycles. The Kier molecular flexibility index (Phi) is 4.63. The predicted octanol–water partition coefficient (Wildman–Crippen LogP) is 0.496.